The topological polar surface area (TPSA) is 51.8 Å². The molecule has 0 radical (unpaired) electrons. The van der Waals surface area contributed by atoms with Gasteiger partial charge in [-0.15, -0.1) is 16.4 Å². The predicted molar refractivity (Wildman–Crippen MR) is 266 cm³/mol. The van der Waals surface area contributed by atoms with Gasteiger partial charge >= 0.3 is 0 Å². The molecular weight excluding hydrogens is 725 g/mol. The number of nitrogens with zero attached hydrogens (tertiary/aromatic N) is 3. The Balaban J connectivity index is 1.02. The highest BCUT2D eigenvalue weighted by atomic mass is 16.3. The monoisotopic (exact) mass is 763 g/mol. The van der Waals surface area contributed by atoms with E-state index in [4.69, 9.17) is 19.4 Å². The van der Waals surface area contributed by atoms with Gasteiger partial charge in [-0.1, -0.05) is 163 Å². The number of hydrogen-bond donors (Lipinski definition) is 0. The molecule has 0 N–H and O–H groups in total. The first-order chi connectivity index (χ1) is 29.3. The molecule has 0 aliphatic carbocycles. The van der Waals surface area contributed by atoms with E-state index in [9.17, 15) is 0 Å². The van der Waals surface area contributed by atoms with E-state index in [0.29, 0.717) is 17.5 Å². The lowest BCUT2D eigenvalue weighted by Gasteiger charge is -2.20. The maximum Gasteiger partial charge on any atom is 0.164 e. The average molecular weight is 763 g/mol. The maximum atomic E-state index is 6.74. The first kappa shape index (κ1) is 37.2. The Kier molecular flexibility index (Phi) is 9.45. The van der Waals surface area contributed by atoms with E-state index in [-0.39, 0.29) is 0 Å². The second-order valence-corrected chi connectivity index (χ2v) is 15.8. The number of aromatic nitrogens is 3. The number of hydrogen-bond acceptors (Lipinski definition) is 4. The highest BCUT2D eigenvalue weighted by Gasteiger charge is 2.18. The molecule has 10 aromatic rings. The van der Waals surface area contributed by atoms with Gasteiger partial charge < -0.3 is 4.42 Å². The van der Waals surface area contributed by atoms with Crippen LogP contribution in [0, 0.1) is 0 Å². The molecule has 0 saturated heterocycles. The quantitative estimate of drug-likeness (QED) is 0.221. The lowest BCUT2D eigenvalue weighted by atomic mass is 9.59. The van der Waals surface area contributed by atoms with Gasteiger partial charge in [-0.05, 0) is 57.1 Å². The maximum absolute atomic E-state index is 6.74. The minimum Gasteiger partial charge on any atom is -0.455 e. The summed E-state index contributed by atoms with van der Waals surface area (Å²) < 4.78 is 6.74. The molecule has 10 rings (SSSR count). The van der Waals surface area contributed by atoms with Crippen molar-refractivity contribution in [3.63, 3.8) is 0 Å². The Morgan fingerprint density at radius 2 is 0.750 bits per heavy atom. The van der Waals surface area contributed by atoms with E-state index in [1.807, 2.05) is 36.4 Å². The van der Waals surface area contributed by atoms with Crippen LogP contribution in [0.3, 0.4) is 0 Å². The van der Waals surface area contributed by atoms with Gasteiger partial charge in [-0.2, -0.15) is 0 Å². The molecule has 4 nitrogen and oxygen atoms in total. The molecule has 60 heavy (non-hydrogen) atoms. The van der Waals surface area contributed by atoms with E-state index in [0.717, 1.165) is 55.3 Å². The van der Waals surface area contributed by atoms with Crippen LogP contribution in [0.2, 0.25) is 0 Å². The number of fused-ring (bicyclic) bond motifs is 3. The molecule has 2 heterocycles. The summed E-state index contributed by atoms with van der Waals surface area (Å²) >= 11 is 0. The zero-order valence-electron chi connectivity index (χ0n) is 34.4. The van der Waals surface area contributed by atoms with Gasteiger partial charge in [0.1, 0.15) is 50.4 Å². The van der Waals surface area contributed by atoms with Crippen molar-refractivity contribution in [3.8, 4) is 78.7 Å². The minimum absolute atomic E-state index is 0.591. The van der Waals surface area contributed by atoms with E-state index in [1.165, 1.54) is 55.1 Å². The van der Waals surface area contributed by atoms with Crippen LogP contribution in [-0.4, -0.2) is 54.2 Å². The van der Waals surface area contributed by atoms with E-state index in [1.54, 1.807) is 0 Å². The van der Waals surface area contributed by atoms with Crippen LogP contribution < -0.4 is 27.3 Å². The van der Waals surface area contributed by atoms with Crippen LogP contribution in [0.25, 0.3) is 101 Å². The molecular formula is C51H38B5N3O. The average Bonchev–Trinajstić information content (AvgIpc) is 3.69. The largest absolute Gasteiger partial charge is 0.455 e. The molecule has 278 valence electrons. The molecule has 9 heteroatoms. The minimum atomic E-state index is 0.591. The van der Waals surface area contributed by atoms with Crippen molar-refractivity contribution in [2.45, 2.75) is 0 Å². The van der Waals surface area contributed by atoms with E-state index < -0.39 is 0 Å². The molecule has 0 fully saturated rings. The summed E-state index contributed by atoms with van der Waals surface area (Å²) in [5.74, 6) is 1.84. The highest BCUT2D eigenvalue weighted by molar-refractivity contribution is 6.68. The molecule has 0 aliphatic heterocycles. The van der Waals surface area contributed by atoms with Gasteiger partial charge in [0.15, 0.2) is 17.5 Å². The van der Waals surface area contributed by atoms with Crippen LogP contribution in [0.1, 0.15) is 0 Å². The van der Waals surface area contributed by atoms with Gasteiger partial charge in [0.2, 0.25) is 0 Å². The van der Waals surface area contributed by atoms with Crippen molar-refractivity contribution in [2.24, 2.45) is 0 Å². The van der Waals surface area contributed by atoms with Crippen molar-refractivity contribution in [1.82, 2.24) is 15.0 Å². The molecule has 0 amide bonds. The second kappa shape index (κ2) is 15.2. The summed E-state index contributed by atoms with van der Waals surface area (Å²) in [5, 5.41) is 2.12. The third-order valence-electron chi connectivity index (χ3n) is 12.4. The Bertz CT molecular complexity index is 3210. The van der Waals surface area contributed by atoms with Gasteiger partial charge in [0, 0.05) is 33.0 Å². The van der Waals surface area contributed by atoms with Crippen molar-refractivity contribution in [2.75, 3.05) is 0 Å². The highest BCUT2D eigenvalue weighted by Crippen LogP contribution is 2.38. The Hall–Kier alpha value is -7.11. The smallest absolute Gasteiger partial charge is 0.164 e. The third-order valence-corrected chi connectivity index (χ3v) is 12.4. The Morgan fingerprint density at radius 3 is 1.35 bits per heavy atom. The van der Waals surface area contributed by atoms with Crippen LogP contribution in [0.5, 0.6) is 0 Å². The van der Waals surface area contributed by atoms with Gasteiger partial charge in [-0.3, -0.25) is 0 Å². The zero-order chi connectivity index (χ0) is 40.9. The number of furan rings is 1. The lowest BCUT2D eigenvalue weighted by molar-refractivity contribution is 0.670. The number of para-hydroxylation sites is 1. The normalized spacial score (nSPS) is 11.3. The Morgan fingerprint density at radius 1 is 0.317 bits per heavy atom. The van der Waals surface area contributed by atoms with E-state index in [2.05, 4.69) is 173 Å². The SMILES string of the molecule is Bc1c(B)c(B)c(-c2cccc(-c3nc(-c4ccccc4)nc(-c4ccc5c(c4)oc4c(-c6ccc(-c7ccc(-c8ccccc8)cc7)cc6)cccc45)n3)c2)c(B)c1B. The van der Waals surface area contributed by atoms with Crippen molar-refractivity contribution in [1.29, 1.82) is 0 Å². The summed E-state index contributed by atoms with van der Waals surface area (Å²) in [6, 6.07) is 59.4. The summed E-state index contributed by atoms with van der Waals surface area (Å²) in [7, 11) is 11.1. The fraction of sp³-hybridized carbons (Fsp3) is 0. The van der Waals surface area contributed by atoms with Crippen LogP contribution in [-0.2, 0) is 0 Å². The third kappa shape index (κ3) is 6.66. The van der Waals surface area contributed by atoms with Gasteiger partial charge in [-0.25, -0.2) is 15.0 Å². The number of rotatable bonds is 7. The molecule has 0 aliphatic rings. The van der Waals surface area contributed by atoms with Crippen molar-refractivity contribution >= 4 is 88.5 Å². The number of benzene rings is 8. The van der Waals surface area contributed by atoms with E-state index >= 15 is 0 Å². The fourth-order valence-electron chi connectivity index (χ4n) is 8.59. The molecule has 8 aromatic carbocycles. The summed E-state index contributed by atoms with van der Waals surface area (Å²) in [5.41, 5.74) is 20.4. The predicted octanol–water partition coefficient (Wildman–Crippen LogP) is 4.73. The molecule has 0 unspecified atom stereocenters. The first-order valence-electron chi connectivity index (χ1n) is 20.5. The first-order valence-corrected chi connectivity index (χ1v) is 20.5. The second-order valence-electron chi connectivity index (χ2n) is 15.8. The molecule has 2 aromatic heterocycles. The summed E-state index contributed by atoms with van der Waals surface area (Å²) in [4.78, 5) is 15.3. The standard InChI is InChI=1S/C51H38B5N3O/c52-43-42(44(53)46(55)47(56)45(43)54)35-13-7-14-36(27-35)50-57-49(34-11-5-2-6-12-34)58-51(59-50)37-25-26-39-40-16-8-15-38(48(40)60-41(39)28-37)33-23-21-32(22-24-33)31-19-17-30(18-20-31)29-9-3-1-4-10-29/h1-28H,52-56H2. The molecule has 0 saturated carbocycles. The fourth-order valence-corrected chi connectivity index (χ4v) is 8.59. The van der Waals surface area contributed by atoms with Crippen LogP contribution in [0.4, 0.5) is 0 Å². The van der Waals surface area contributed by atoms with Crippen molar-refractivity contribution < 1.29 is 4.42 Å². The molecule has 0 atom stereocenters. The van der Waals surface area contributed by atoms with Gasteiger partial charge in [0.25, 0.3) is 0 Å². The summed E-state index contributed by atoms with van der Waals surface area (Å²) in [6.07, 6.45) is 0. The van der Waals surface area contributed by atoms with Crippen molar-refractivity contribution in [3.05, 3.63) is 170 Å². The van der Waals surface area contributed by atoms with Crippen LogP contribution in [0.15, 0.2) is 174 Å². The molecule has 0 spiro atoms. The lowest BCUT2D eigenvalue weighted by Crippen LogP contribution is -2.55. The molecule has 0 bridgehead atoms. The van der Waals surface area contributed by atoms with Crippen LogP contribution >= 0.6 is 0 Å². The summed E-state index contributed by atoms with van der Waals surface area (Å²) in [6.45, 7) is 0. The Labute approximate surface area is 354 Å². The van der Waals surface area contributed by atoms with Gasteiger partial charge in [0.05, 0.1) is 0 Å². The zero-order valence-corrected chi connectivity index (χ0v) is 34.4.